The molecule has 0 radical (unpaired) electrons. The number of furan rings is 1. The van der Waals surface area contributed by atoms with Crippen LogP contribution in [-0.2, 0) is 0 Å². The molecule has 7 heteroatoms. The zero-order chi connectivity index (χ0) is 19.0. The van der Waals surface area contributed by atoms with Gasteiger partial charge in [-0.25, -0.2) is 14.0 Å². The second-order valence-electron chi connectivity index (χ2n) is 5.58. The molecule has 1 aromatic heterocycles. The SMILES string of the molecule is Cc1cc(-c2ccc(F)cc2Cl)c(C(=O)O)c(-c2ccco2)c1C(=O)O. The Morgan fingerprint density at radius 1 is 1.04 bits per heavy atom. The quantitative estimate of drug-likeness (QED) is 0.662. The van der Waals surface area contributed by atoms with Crippen molar-refractivity contribution in [3.05, 3.63) is 70.2 Å². The van der Waals surface area contributed by atoms with Gasteiger partial charge in [0.25, 0.3) is 0 Å². The zero-order valence-corrected chi connectivity index (χ0v) is 14.2. The second kappa shape index (κ2) is 6.65. The normalized spacial score (nSPS) is 10.7. The summed E-state index contributed by atoms with van der Waals surface area (Å²) in [6.45, 7) is 1.54. The van der Waals surface area contributed by atoms with E-state index < -0.39 is 17.8 Å². The number of carboxylic acids is 2. The van der Waals surface area contributed by atoms with E-state index in [4.69, 9.17) is 16.0 Å². The molecule has 0 fully saturated rings. The van der Waals surface area contributed by atoms with Crippen LogP contribution in [0.15, 0.2) is 47.1 Å². The maximum absolute atomic E-state index is 13.4. The lowest BCUT2D eigenvalue weighted by Gasteiger charge is -2.17. The Bertz CT molecular complexity index is 1020. The third-order valence-corrected chi connectivity index (χ3v) is 4.25. The van der Waals surface area contributed by atoms with Gasteiger partial charge in [0, 0.05) is 11.1 Å². The minimum absolute atomic E-state index is 0.0142. The van der Waals surface area contributed by atoms with Gasteiger partial charge in [0.15, 0.2) is 0 Å². The van der Waals surface area contributed by atoms with Crippen molar-refractivity contribution < 1.29 is 28.6 Å². The molecule has 0 bridgehead atoms. The first kappa shape index (κ1) is 17.7. The molecule has 3 aromatic rings. The molecule has 0 atom stereocenters. The number of hydrogen-bond acceptors (Lipinski definition) is 3. The fourth-order valence-electron chi connectivity index (χ4n) is 2.90. The molecule has 0 amide bonds. The summed E-state index contributed by atoms with van der Waals surface area (Å²) in [5.74, 6) is -3.11. The highest BCUT2D eigenvalue weighted by Gasteiger charge is 2.28. The van der Waals surface area contributed by atoms with Crippen LogP contribution in [-0.4, -0.2) is 22.2 Å². The molecule has 1 heterocycles. The molecule has 0 unspecified atom stereocenters. The average Bonchev–Trinajstić information content (AvgIpc) is 3.07. The summed E-state index contributed by atoms with van der Waals surface area (Å²) in [5, 5.41) is 19.4. The summed E-state index contributed by atoms with van der Waals surface area (Å²) >= 11 is 6.10. The Kier molecular flexibility index (Phi) is 4.52. The van der Waals surface area contributed by atoms with Gasteiger partial charge in [0.2, 0.25) is 0 Å². The highest BCUT2D eigenvalue weighted by molar-refractivity contribution is 6.33. The second-order valence-corrected chi connectivity index (χ2v) is 5.99. The molecule has 132 valence electrons. The van der Waals surface area contributed by atoms with E-state index in [0.29, 0.717) is 5.56 Å². The summed E-state index contributed by atoms with van der Waals surface area (Å²) in [6.07, 6.45) is 1.32. The van der Waals surface area contributed by atoms with Crippen molar-refractivity contribution in [2.75, 3.05) is 0 Å². The molecule has 0 saturated carbocycles. The van der Waals surface area contributed by atoms with Gasteiger partial charge < -0.3 is 14.6 Å². The number of carbonyl (C=O) groups is 2. The van der Waals surface area contributed by atoms with Crippen molar-refractivity contribution in [2.24, 2.45) is 0 Å². The van der Waals surface area contributed by atoms with Gasteiger partial charge in [0.05, 0.1) is 22.4 Å². The van der Waals surface area contributed by atoms with E-state index in [1.165, 1.54) is 30.5 Å². The van der Waals surface area contributed by atoms with Crippen LogP contribution < -0.4 is 0 Å². The number of halogens is 2. The Hall–Kier alpha value is -3.12. The lowest BCUT2D eigenvalue weighted by atomic mass is 9.87. The van der Waals surface area contributed by atoms with E-state index in [2.05, 4.69) is 0 Å². The number of carboxylic acid groups (broad SMARTS) is 2. The van der Waals surface area contributed by atoms with Gasteiger partial charge in [-0.2, -0.15) is 0 Å². The third kappa shape index (κ3) is 2.95. The molecule has 3 rings (SSSR count). The average molecular weight is 375 g/mol. The monoisotopic (exact) mass is 374 g/mol. The predicted molar refractivity (Wildman–Crippen MR) is 93.2 cm³/mol. The Balaban J connectivity index is 2.47. The minimum atomic E-state index is -1.35. The molecule has 26 heavy (non-hydrogen) atoms. The maximum Gasteiger partial charge on any atom is 0.337 e. The van der Waals surface area contributed by atoms with Crippen molar-refractivity contribution in [1.29, 1.82) is 0 Å². The summed E-state index contributed by atoms with van der Waals surface area (Å²) in [5.41, 5.74) is 0.250. The smallest absolute Gasteiger partial charge is 0.337 e. The molecule has 0 spiro atoms. The van der Waals surface area contributed by atoms with Crippen LogP contribution in [0.4, 0.5) is 4.39 Å². The number of aromatic carboxylic acids is 2. The topological polar surface area (TPSA) is 87.7 Å². The van der Waals surface area contributed by atoms with Gasteiger partial charge >= 0.3 is 11.9 Å². The summed E-state index contributed by atoms with van der Waals surface area (Å²) in [6, 6.07) is 7.99. The predicted octanol–water partition coefficient (Wildman–Crippen LogP) is 5.11. The van der Waals surface area contributed by atoms with Crippen LogP contribution in [0.1, 0.15) is 26.3 Å². The number of aryl methyl sites for hydroxylation is 1. The van der Waals surface area contributed by atoms with E-state index in [1.807, 2.05) is 0 Å². The van der Waals surface area contributed by atoms with Gasteiger partial charge in [-0.15, -0.1) is 0 Å². The van der Waals surface area contributed by atoms with E-state index in [9.17, 15) is 24.2 Å². The molecule has 2 N–H and O–H groups in total. The van der Waals surface area contributed by atoms with Crippen molar-refractivity contribution in [3.63, 3.8) is 0 Å². The number of rotatable bonds is 4. The van der Waals surface area contributed by atoms with Crippen LogP contribution in [0.3, 0.4) is 0 Å². The molecule has 0 aliphatic rings. The molecular formula is C19H12ClFO5. The fraction of sp³-hybridized carbons (Fsp3) is 0.0526. The Morgan fingerprint density at radius 2 is 1.73 bits per heavy atom. The molecule has 0 aliphatic heterocycles. The molecule has 0 aliphatic carbocycles. The fourth-order valence-corrected chi connectivity index (χ4v) is 3.17. The van der Waals surface area contributed by atoms with Crippen LogP contribution in [0, 0.1) is 12.7 Å². The van der Waals surface area contributed by atoms with Crippen LogP contribution in [0.2, 0.25) is 5.02 Å². The van der Waals surface area contributed by atoms with Crippen LogP contribution in [0.25, 0.3) is 22.5 Å². The van der Waals surface area contributed by atoms with Gasteiger partial charge in [-0.1, -0.05) is 11.6 Å². The van der Waals surface area contributed by atoms with Crippen molar-refractivity contribution in [3.8, 4) is 22.5 Å². The lowest BCUT2D eigenvalue weighted by Crippen LogP contribution is -2.11. The van der Waals surface area contributed by atoms with E-state index >= 15 is 0 Å². The zero-order valence-electron chi connectivity index (χ0n) is 13.4. The van der Waals surface area contributed by atoms with Crippen LogP contribution >= 0.6 is 11.6 Å². The van der Waals surface area contributed by atoms with Crippen LogP contribution in [0.5, 0.6) is 0 Å². The van der Waals surface area contributed by atoms with Crippen molar-refractivity contribution in [1.82, 2.24) is 0 Å². The molecule has 0 saturated heterocycles. The first-order valence-corrected chi connectivity index (χ1v) is 7.82. The molecular weight excluding hydrogens is 363 g/mol. The van der Waals surface area contributed by atoms with Gasteiger partial charge in [-0.3, -0.25) is 0 Å². The molecule has 5 nitrogen and oxygen atoms in total. The van der Waals surface area contributed by atoms with Gasteiger partial charge in [-0.05, 0) is 54.4 Å². The summed E-state index contributed by atoms with van der Waals surface area (Å²) < 4.78 is 18.7. The van der Waals surface area contributed by atoms with E-state index in [0.717, 1.165) is 12.1 Å². The first-order valence-electron chi connectivity index (χ1n) is 7.44. The third-order valence-electron chi connectivity index (χ3n) is 3.94. The van der Waals surface area contributed by atoms with Gasteiger partial charge in [0.1, 0.15) is 11.6 Å². The first-order chi connectivity index (χ1) is 12.3. The largest absolute Gasteiger partial charge is 0.478 e. The highest BCUT2D eigenvalue weighted by atomic mass is 35.5. The van der Waals surface area contributed by atoms with Crippen molar-refractivity contribution in [2.45, 2.75) is 6.92 Å². The Morgan fingerprint density at radius 3 is 2.27 bits per heavy atom. The minimum Gasteiger partial charge on any atom is -0.478 e. The lowest BCUT2D eigenvalue weighted by molar-refractivity contribution is 0.0695. The Labute approximate surface area is 152 Å². The summed E-state index contributed by atoms with van der Waals surface area (Å²) in [7, 11) is 0. The van der Waals surface area contributed by atoms with Crippen molar-refractivity contribution >= 4 is 23.5 Å². The maximum atomic E-state index is 13.4. The van der Waals surface area contributed by atoms with E-state index in [1.54, 1.807) is 6.92 Å². The highest BCUT2D eigenvalue weighted by Crippen LogP contribution is 2.40. The molecule has 2 aromatic carbocycles. The van der Waals surface area contributed by atoms with E-state index in [-0.39, 0.29) is 38.6 Å². The summed E-state index contributed by atoms with van der Waals surface area (Å²) in [4.78, 5) is 23.8. The number of hydrogen-bond donors (Lipinski definition) is 2. The number of benzene rings is 2. The standard InChI is InChI=1S/C19H12ClFO5/c1-9-7-12(11-5-4-10(21)8-13(11)20)16(19(24)25)17(15(9)18(22)23)14-3-2-6-26-14/h2-8H,1H3,(H,22,23)(H,24,25).